The first-order chi connectivity index (χ1) is 12.5. The monoisotopic (exact) mass is 425 g/mol. The van der Waals surface area contributed by atoms with Crippen LogP contribution in [0.25, 0.3) is 5.70 Å². The third kappa shape index (κ3) is 4.63. The van der Waals surface area contributed by atoms with Crippen LogP contribution in [0.15, 0.2) is 83.3 Å². The van der Waals surface area contributed by atoms with Crippen LogP contribution in [0.5, 0.6) is 0 Å². The lowest BCUT2D eigenvalue weighted by Gasteiger charge is -2.12. The van der Waals surface area contributed by atoms with Crippen LogP contribution in [-0.2, 0) is 0 Å². The lowest BCUT2D eigenvalue weighted by atomic mass is 10.1. The number of carbonyl (C=O) groups excluding carboxylic acids is 1. The van der Waals surface area contributed by atoms with Gasteiger partial charge < -0.3 is 5.32 Å². The molecule has 130 valence electrons. The van der Waals surface area contributed by atoms with Gasteiger partial charge in [-0.3, -0.25) is 4.79 Å². The molecule has 0 radical (unpaired) electrons. The fourth-order valence-corrected chi connectivity index (χ4v) is 3.09. The van der Waals surface area contributed by atoms with Gasteiger partial charge in [-0.25, -0.2) is 0 Å². The Morgan fingerprint density at radius 3 is 2.27 bits per heavy atom. The zero-order valence-electron chi connectivity index (χ0n) is 14.2. The summed E-state index contributed by atoms with van der Waals surface area (Å²) in [5, 5.41) is 4.00. The van der Waals surface area contributed by atoms with Crippen LogP contribution in [0.2, 0.25) is 5.02 Å². The molecule has 0 fully saturated rings. The molecule has 26 heavy (non-hydrogen) atoms. The molecule has 3 aromatic rings. The molecular formula is C22H17BrClNO. The van der Waals surface area contributed by atoms with Crippen LogP contribution in [0.4, 0.5) is 5.69 Å². The van der Waals surface area contributed by atoms with E-state index in [1.54, 1.807) is 12.1 Å². The highest BCUT2D eigenvalue weighted by Crippen LogP contribution is 2.23. The lowest BCUT2D eigenvalue weighted by Crippen LogP contribution is -2.04. The van der Waals surface area contributed by atoms with E-state index >= 15 is 0 Å². The summed E-state index contributed by atoms with van der Waals surface area (Å²) in [7, 11) is 0. The third-order valence-corrected chi connectivity index (χ3v) is 4.84. The summed E-state index contributed by atoms with van der Waals surface area (Å²) in [6, 6.07) is 22.8. The first-order valence-electron chi connectivity index (χ1n) is 8.13. The summed E-state index contributed by atoms with van der Waals surface area (Å²) in [6.07, 6.45) is 1.61. The SMILES string of the molecule is Cc1ccc(N/C(=C/C(=O)c2ccccc2Br)c2ccc(Cl)cc2)cc1. The standard InChI is InChI=1S/C22H17BrClNO/c1-15-6-12-18(13-7-15)25-21(16-8-10-17(24)11-9-16)14-22(26)19-4-2-3-5-20(19)23/h2-14,25H,1H3/b21-14+. The summed E-state index contributed by atoms with van der Waals surface area (Å²) in [5.74, 6) is -0.0814. The highest BCUT2D eigenvalue weighted by atomic mass is 79.9. The van der Waals surface area contributed by atoms with Crippen LogP contribution in [-0.4, -0.2) is 5.78 Å². The Morgan fingerprint density at radius 1 is 0.962 bits per heavy atom. The highest BCUT2D eigenvalue weighted by molar-refractivity contribution is 9.10. The van der Waals surface area contributed by atoms with Crippen molar-refractivity contribution in [3.05, 3.63) is 105 Å². The molecule has 0 atom stereocenters. The number of allylic oxidation sites excluding steroid dienone is 1. The van der Waals surface area contributed by atoms with Gasteiger partial charge in [0.1, 0.15) is 0 Å². The molecule has 0 aliphatic heterocycles. The second-order valence-electron chi connectivity index (χ2n) is 5.90. The maximum absolute atomic E-state index is 12.8. The van der Waals surface area contributed by atoms with Gasteiger partial charge in [-0.2, -0.15) is 0 Å². The van der Waals surface area contributed by atoms with E-state index in [0.717, 1.165) is 15.7 Å². The van der Waals surface area contributed by atoms with Crippen molar-refractivity contribution >= 4 is 44.7 Å². The van der Waals surface area contributed by atoms with E-state index in [4.69, 9.17) is 11.6 Å². The fraction of sp³-hybridized carbons (Fsp3) is 0.0455. The lowest BCUT2D eigenvalue weighted by molar-refractivity contribution is 0.104. The van der Waals surface area contributed by atoms with Crippen molar-refractivity contribution in [2.45, 2.75) is 6.92 Å². The average Bonchev–Trinajstić information content (AvgIpc) is 2.64. The predicted octanol–water partition coefficient (Wildman–Crippen LogP) is 6.75. The van der Waals surface area contributed by atoms with Crippen LogP contribution >= 0.6 is 27.5 Å². The van der Waals surface area contributed by atoms with Gasteiger partial charge in [-0.1, -0.05) is 69.5 Å². The number of anilines is 1. The summed E-state index contributed by atoms with van der Waals surface area (Å²) in [6.45, 7) is 2.04. The van der Waals surface area contributed by atoms with E-state index in [2.05, 4.69) is 21.2 Å². The predicted molar refractivity (Wildman–Crippen MR) is 113 cm³/mol. The van der Waals surface area contributed by atoms with Crippen molar-refractivity contribution in [1.82, 2.24) is 0 Å². The number of halogens is 2. The molecule has 0 amide bonds. The number of ketones is 1. The third-order valence-electron chi connectivity index (χ3n) is 3.90. The maximum Gasteiger partial charge on any atom is 0.189 e. The van der Waals surface area contributed by atoms with Crippen molar-refractivity contribution < 1.29 is 4.79 Å². The Hall–Kier alpha value is -2.36. The normalized spacial score (nSPS) is 11.3. The Morgan fingerprint density at radius 2 is 1.62 bits per heavy atom. The van der Waals surface area contributed by atoms with Gasteiger partial charge in [0, 0.05) is 32.5 Å². The quantitative estimate of drug-likeness (QED) is 0.361. The van der Waals surface area contributed by atoms with E-state index in [1.807, 2.05) is 73.7 Å². The Labute approximate surface area is 166 Å². The average molecular weight is 427 g/mol. The van der Waals surface area contributed by atoms with Crippen molar-refractivity contribution in [3.63, 3.8) is 0 Å². The first-order valence-corrected chi connectivity index (χ1v) is 9.30. The van der Waals surface area contributed by atoms with Gasteiger partial charge in [0.2, 0.25) is 0 Å². The Bertz CT molecular complexity index is 947. The second kappa shape index (κ2) is 8.35. The zero-order chi connectivity index (χ0) is 18.5. The molecule has 0 aliphatic carbocycles. The van der Waals surface area contributed by atoms with E-state index in [-0.39, 0.29) is 5.78 Å². The molecule has 3 rings (SSSR count). The smallest absolute Gasteiger partial charge is 0.189 e. The summed E-state index contributed by atoms with van der Waals surface area (Å²) in [4.78, 5) is 12.8. The van der Waals surface area contributed by atoms with Crippen molar-refractivity contribution in [2.75, 3.05) is 5.32 Å². The Balaban J connectivity index is 1.99. The molecule has 0 unspecified atom stereocenters. The number of nitrogens with one attached hydrogen (secondary N) is 1. The number of aryl methyl sites for hydroxylation is 1. The molecule has 0 heterocycles. The second-order valence-corrected chi connectivity index (χ2v) is 7.19. The molecule has 4 heteroatoms. The van der Waals surface area contributed by atoms with Gasteiger partial charge >= 0.3 is 0 Å². The van der Waals surface area contributed by atoms with E-state index < -0.39 is 0 Å². The van der Waals surface area contributed by atoms with Crippen LogP contribution in [0.3, 0.4) is 0 Å². The van der Waals surface area contributed by atoms with Crippen LogP contribution in [0, 0.1) is 6.92 Å². The largest absolute Gasteiger partial charge is 0.355 e. The molecule has 0 saturated heterocycles. The minimum Gasteiger partial charge on any atom is -0.355 e. The fourth-order valence-electron chi connectivity index (χ4n) is 2.48. The highest BCUT2D eigenvalue weighted by Gasteiger charge is 2.10. The van der Waals surface area contributed by atoms with Crippen LogP contribution in [0.1, 0.15) is 21.5 Å². The number of carbonyl (C=O) groups is 1. The van der Waals surface area contributed by atoms with E-state index in [9.17, 15) is 4.79 Å². The summed E-state index contributed by atoms with van der Waals surface area (Å²) < 4.78 is 0.770. The molecule has 0 aromatic heterocycles. The molecule has 0 spiro atoms. The topological polar surface area (TPSA) is 29.1 Å². The number of rotatable bonds is 5. The zero-order valence-corrected chi connectivity index (χ0v) is 16.5. The maximum atomic E-state index is 12.8. The Kier molecular flexibility index (Phi) is 5.92. The van der Waals surface area contributed by atoms with Crippen molar-refractivity contribution in [1.29, 1.82) is 0 Å². The summed E-state index contributed by atoms with van der Waals surface area (Å²) in [5.41, 5.74) is 4.31. The first kappa shape index (κ1) is 18.4. The molecule has 3 aromatic carbocycles. The molecule has 2 nitrogen and oxygen atoms in total. The minimum absolute atomic E-state index is 0.0814. The summed E-state index contributed by atoms with van der Waals surface area (Å²) >= 11 is 9.44. The van der Waals surface area contributed by atoms with Crippen molar-refractivity contribution in [2.24, 2.45) is 0 Å². The number of benzene rings is 3. The molecule has 1 N–H and O–H groups in total. The van der Waals surface area contributed by atoms with Gasteiger partial charge in [0.25, 0.3) is 0 Å². The minimum atomic E-state index is -0.0814. The van der Waals surface area contributed by atoms with E-state index in [1.165, 1.54) is 5.56 Å². The van der Waals surface area contributed by atoms with Crippen molar-refractivity contribution in [3.8, 4) is 0 Å². The van der Waals surface area contributed by atoms with Gasteiger partial charge in [0.05, 0.1) is 0 Å². The molecular weight excluding hydrogens is 410 g/mol. The van der Waals surface area contributed by atoms with Gasteiger partial charge in [-0.05, 0) is 48.9 Å². The molecule has 0 saturated carbocycles. The van der Waals surface area contributed by atoms with E-state index in [0.29, 0.717) is 16.3 Å². The number of hydrogen-bond acceptors (Lipinski definition) is 2. The number of hydrogen-bond donors (Lipinski definition) is 1. The molecule has 0 aliphatic rings. The van der Waals surface area contributed by atoms with Crippen LogP contribution < -0.4 is 5.32 Å². The van der Waals surface area contributed by atoms with Gasteiger partial charge in [-0.15, -0.1) is 0 Å². The van der Waals surface area contributed by atoms with Gasteiger partial charge in [0.15, 0.2) is 5.78 Å². The molecule has 0 bridgehead atoms.